The third-order valence-corrected chi connectivity index (χ3v) is 5.31. The molecular formula is C20H20BrN3O4S. The zero-order valence-corrected chi connectivity index (χ0v) is 18.1. The van der Waals surface area contributed by atoms with E-state index in [1.807, 2.05) is 31.2 Å². The van der Waals surface area contributed by atoms with Crippen LogP contribution in [0.5, 0.6) is 11.5 Å². The Labute approximate surface area is 180 Å². The van der Waals surface area contributed by atoms with E-state index in [1.54, 1.807) is 12.1 Å². The van der Waals surface area contributed by atoms with E-state index in [0.717, 1.165) is 33.9 Å². The standard InChI is InChI=1S/C20H20BrN3O4S/c1-2-27-16-10-17(29-19(16)20(25)26)15-9-18(24-12-23-15)22-7-6-13-4-3-5-14(8-13)28-11-21/h3-5,8-10,12H,2,6-7,11H2,1H3,(H,25,26)(H,22,23,24). The van der Waals surface area contributed by atoms with Crippen molar-refractivity contribution < 1.29 is 19.4 Å². The highest BCUT2D eigenvalue weighted by Gasteiger charge is 2.18. The second-order valence-electron chi connectivity index (χ2n) is 5.91. The van der Waals surface area contributed by atoms with Crippen molar-refractivity contribution in [1.82, 2.24) is 9.97 Å². The van der Waals surface area contributed by atoms with Crippen molar-refractivity contribution in [2.24, 2.45) is 0 Å². The molecule has 0 saturated heterocycles. The Morgan fingerprint density at radius 1 is 1.24 bits per heavy atom. The lowest BCUT2D eigenvalue weighted by Crippen LogP contribution is -2.06. The van der Waals surface area contributed by atoms with Gasteiger partial charge in [0.1, 0.15) is 29.2 Å². The van der Waals surface area contributed by atoms with Crippen LogP contribution < -0.4 is 14.8 Å². The van der Waals surface area contributed by atoms with Gasteiger partial charge in [-0.25, -0.2) is 14.8 Å². The maximum Gasteiger partial charge on any atom is 0.349 e. The maximum absolute atomic E-state index is 11.4. The smallest absolute Gasteiger partial charge is 0.349 e. The van der Waals surface area contributed by atoms with Crippen LogP contribution in [0.4, 0.5) is 5.82 Å². The number of anilines is 1. The summed E-state index contributed by atoms with van der Waals surface area (Å²) in [6.45, 7) is 2.90. The van der Waals surface area contributed by atoms with E-state index in [0.29, 0.717) is 35.9 Å². The molecule has 0 fully saturated rings. The van der Waals surface area contributed by atoms with Crippen molar-refractivity contribution >= 4 is 39.1 Å². The van der Waals surface area contributed by atoms with E-state index in [2.05, 4.69) is 31.2 Å². The third-order valence-electron chi connectivity index (χ3n) is 3.95. The van der Waals surface area contributed by atoms with Gasteiger partial charge in [-0.2, -0.15) is 0 Å². The lowest BCUT2D eigenvalue weighted by molar-refractivity contribution is 0.0698. The van der Waals surface area contributed by atoms with Gasteiger partial charge in [0.25, 0.3) is 0 Å². The Hall–Kier alpha value is -2.65. The molecule has 1 aromatic carbocycles. The van der Waals surface area contributed by atoms with E-state index in [-0.39, 0.29) is 4.88 Å². The molecule has 0 saturated carbocycles. The molecule has 9 heteroatoms. The minimum Gasteiger partial charge on any atom is -0.492 e. The van der Waals surface area contributed by atoms with Gasteiger partial charge < -0.3 is 19.9 Å². The number of hydrogen-bond acceptors (Lipinski definition) is 7. The summed E-state index contributed by atoms with van der Waals surface area (Å²) in [4.78, 5) is 20.8. The van der Waals surface area contributed by atoms with Crippen LogP contribution >= 0.6 is 27.3 Å². The zero-order valence-electron chi connectivity index (χ0n) is 15.7. The number of thiophene rings is 1. The number of carbonyl (C=O) groups is 1. The number of halogens is 1. The summed E-state index contributed by atoms with van der Waals surface area (Å²) in [7, 11) is 0. The highest BCUT2D eigenvalue weighted by Crippen LogP contribution is 2.36. The van der Waals surface area contributed by atoms with Crippen LogP contribution in [0.3, 0.4) is 0 Å². The average Bonchev–Trinajstić information content (AvgIpc) is 3.14. The number of ether oxygens (including phenoxy) is 2. The quantitative estimate of drug-likeness (QED) is 0.409. The first-order valence-corrected chi connectivity index (χ1v) is 10.9. The van der Waals surface area contributed by atoms with Crippen molar-refractivity contribution in [1.29, 1.82) is 0 Å². The summed E-state index contributed by atoms with van der Waals surface area (Å²) < 4.78 is 10.9. The molecule has 2 aromatic heterocycles. The van der Waals surface area contributed by atoms with Gasteiger partial charge in [0.05, 0.1) is 17.2 Å². The van der Waals surface area contributed by atoms with Crippen molar-refractivity contribution in [2.45, 2.75) is 13.3 Å². The number of rotatable bonds is 10. The molecule has 7 nitrogen and oxygen atoms in total. The summed E-state index contributed by atoms with van der Waals surface area (Å²) in [6.07, 6.45) is 2.26. The normalized spacial score (nSPS) is 10.6. The average molecular weight is 478 g/mol. The molecule has 0 aliphatic heterocycles. The fourth-order valence-corrected chi connectivity index (χ4v) is 3.86. The van der Waals surface area contributed by atoms with Gasteiger partial charge in [0, 0.05) is 18.7 Å². The second kappa shape index (κ2) is 10.2. The summed E-state index contributed by atoms with van der Waals surface area (Å²) in [5.41, 5.74) is 2.25. The maximum atomic E-state index is 11.4. The first-order valence-electron chi connectivity index (χ1n) is 8.94. The largest absolute Gasteiger partial charge is 0.492 e. The van der Waals surface area contributed by atoms with Crippen molar-refractivity contribution in [3.05, 3.63) is 53.2 Å². The summed E-state index contributed by atoms with van der Waals surface area (Å²) in [6, 6.07) is 11.4. The Bertz CT molecular complexity index is 980. The molecule has 0 aliphatic carbocycles. The van der Waals surface area contributed by atoms with Crippen LogP contribution in [0, 0.1) is 0 Å². The van der Waals surface area contributed by atoms with Crippen LogP contribution in [0.15, 0.2) is 42.7 Å². The first-order chi connectivity index (χ1) is 14.1. The number of carboxylic acids is 1. The Balaban J connectivity index is 1.68. The summed E-state index contributed by atoms with van der Waals surface area (Å²) in [5, 5.41) is 12.6. The van der Waals surface area contributed by atoms with Crippen molar-refractivity contribution in [3.63, 3.8) is 0 Å². The monoisotopic (exact) mass is 477 g/mol. The van der Waals surface area contributed by atoms with Gasteiger partial charge in [-0.05, 0) is 47.0 Å². The number of aromatic carboxylic acids is 1. The number of hydrogen-bond donors (Lipinski definition) is 2. The molecule has 2 N–H and O–H groups in total. The van der Waals surface area contributed by atoms with Crippen molar-refractivity contribution in [2.75, 3.05) is 24.0 Å². The lowest BCUT2D eigenvalue weighted by Gasteiger charge is -2.08. The number of nitrogens with one attached hydrogen (secondary N) is 1. The Morgan fingerprint density at radius 2 is 2.10 bits per heavy atom. The molecule has 152 valence electrons. The van der Waals surface area contributed by atoms with Crippen LogP contribution in [0.25, 0.3) is 10.6 Å². The van der Waals surface area contributed by atoms with Crippen LogP contribution in [0.1, 0.15) is 22.2 Å². The topological polar surface area (TPSA) is 93.6 Å². The molecule has 2 heterocycles. The summed E-state index contributed by atoms with van der Waals surface area (Å²) >= 11 is 4.39. The highest BCUT2D eigenvalue weighted by atomic mass is 79.9. The number of carboxylic acid groups (broad SMARTS) is 1. The molecule has 0 amide bonds. The molecule has 0 atom stereocenters. The summed E-state index contributed by atoms with van der Waals surface area (Å²) in [5.74, 6) is 0.841. The van der Waals surface area contributed by atoms with E-state index in [9.17, 15) is 9.90 Å². The molecule has 3 aromatic rings. The molecule has 0 bridgehead atoms. The van der Waals surface area contributed by atoms with Gasteiger partial charge >= 0.3 is 5.97 Å². The van der Waals surface area contributed by atoms with E-state index in [1.165, 1.54) is 6.33 Å². The SMILES string of the molecule is CCOc1cc(-c2cc(NCCc3cccc(OCBr)c3)ncn2)sc1C(=O)O. The Kier molecular flexibility index (Phi) is 7.42. The van der Waals surface area contributed by atoms with Crippen LogP contribution in [-0.4, -0.2) is 39.7 Å². The van der Waals surface area contributed by atoms with Gasteiger partial charge in [-0.15, -0.1) is 11.3 Å². The molecule has 0 unspecified atom stereocenters. The highest BCUT2D eigenvalue weighted by molar-refractivity contribution is 9.09. The van der Waals surface area contributed by atoms with Crippen molar-refractivity contribution in [3.8, 4) is 22.1 Å². The fourth-order valence-electron chi connectivity index (χ4n) is 2.69. The van der Waals surface area contributed by atoms with E-state index < -0.39 is 5.97 Å². The van der Waals surface area contributed by atoms with Crippen LogP contribution in [-0.2, 0) is 6.42 Å². The zero-order chi connectivity index (χ0) is 20.6. The first kappa shape index (κ1) is 21.1. The van der Waals surface area contributed by atoms with Gasteiger partial charge in [0.15, 0.2) is 4.88 Å². The predicted octanol–water partition coefficient (Wildman–Crippen LogP) is 4.69. The number of alkyl halides is 1. The third kappa shape index (κ3) is 5.68. The van der Waals surface area contributed by atoms with Crippen LogP contribution in [0.2, 0.25) is 0 Å². The van der Waals surface area contributed by atoms with E-state index in [4.69, 9.17) is 9.47 Å². The molecular weight excluding hydrogens is 458 g/mol. The number of nitrogens with zero attached hydrogens (tertiary/aromatic N) is 2. The fraction of sp³-hybridized carbons (Fsp3) is 0.250. The Morgan fingerprint density at radius 3 is 2.86 bits per heavy atom. The predicted molar refractivity (Wildman–Crippen MR) is 117 cm³/mol. The van der Waals surface area contributed by atoms with E-state index >= 15 is 0 Å². The molecule has 0 aliphatic rings. The van der Waals surface area contributed by atoms with Gasteiger partial charge in [-0.3, -0.25) is 0 Å². The lowest BCUT2D eigenvalue weighted by atomic mass is 10.1. The molecule has 29 heavy (non-hydrogen) atoms. The molecule has 0 spiro atoms. The molecule has 0 radical (unpaired) electrons. The number of benzene rings is 1. The minimum atomic E-state index is -1.01. The number of aromatic nitrogens is 2. The second-order valence-corrected chi connectivity index (χ2v) is 7.42. The minimum absolute atomic E-state index is 0.167. The van der Waals surface area contributed by atoms with Gasteiger partial charge in [-0.1, -0.05) is 12.1 Å². The molecule has 3 rings (SSSR count). The van der Waals surface area contributed by atoms with Gasteiger partial charge in [0.2, 0.25) is 0 Å².